The van der Waals surface area contributed by atoms with Crippen LogP contribution in [0.25, 0.3) is 11.3 Å². The van der Waals surface area contributed by atoms with Crippen molar-refractivity contribution in [2.45, 2.75) is 24.3 Å². The van der Waals surface area contributed by atoms with Crippen LogP contribution in [0.3, 0.4) is 0 Å². The van der Waals surface area contributed by atoms with Gasteiger partial charge in [0, 0.05) is 23.3 Å². The van der Waals surface area contributed by atoms with Gasteiger partial charge in [-0.2, -0.15) is 0 Å². The maximum Gasteiger partial charge on any atom is 0.239 e. The van der Waals surface area contributed by atoms with E-state index in [-0.39, 0.29) is 11.2 Å². The Labute approximate surface area is 148 Å². The largest absolute Gasteiger partial charge is 0.301 e. The second-order valence-corrected chi connectivity index (χ2v) is 7.35. The predicted molar refractivity (Wildman–Crippen MR) is 98.3 cm³/mol. The van der Waals surface area contributed by atoms with Gasteiger partial charge in [0.1, 0.15) is 0 Å². The van der Waals surface area contributed by atoms with Crippen LogP contribution in [0, 0.1) is 6.92 Å². The van der Waals surface area contributed by atoms with Gasteiger partial charge in [-0.3, -0.25) is 4.79 Å². The molecule has 1 amide bonds. The molecule has 3 rings (SSSR count). The summed E-state index contributed by atoms with van der Waals surface area (Å²) in [7, 11) is 0. The van der Waals surface area contributed by atoms with Crippen LogP contribution in [-0.2, 0) is 4.79 Å². The van der Waals surface area contributed by atoms with Crippen LogP contribution in [0.1, 0.15) is 12.5 Å². The highest BCUT2D eigenvalue weighted by molar-refractivity contribution is 8.00. The standard InChI is InChI=1S/C17H16N4OS2/c1-11-4-6-13(7-5-11)14-10-23-17(20-14)21-15(22)12(2)24-16-18-8-3-9-19-16/h3-10,12H,1-2H3,(H,20,21,22). The Bertz CT molecular complexity index is 818. The molecule has 1 unspecified atom stereocenters. The second-order valence-electron chi connectivity index (χ2n) is 5.18. The molecule has 1 atom stereocenters. The van der Waals surface area contributed by atoms with E-state index in [0.29, 0.717) is 10.3 Å². The summed E-state index contributed by atoms with van der Waals surface area (Å²) in [5.41, 5.74) is 3.11. The molecule has 0 saturated heterocycles. The molecule has 0 fully saturated rings. The third-order valence-corrected chi connectivity index (χ3v) is 5.02. The second kappa shape index (κ2) is 7.55. The van der Waals surface area contributed by atoms with Gasteiger partial charge in [0.05, 0.1) is 10.9 Å². The van der Waals surface area contributed by atoms with Crippen LogP contribution in [0.4, 0.5) is 5.13 Å². The van der Waals surface area contributed by atoms with Gasteiger partial charge < -0.3 is 5.32 Å². The fourth-order valence-corrected chi connectivity index (χ4v) is 3.40. The Morgan fingerprint density at radius 2 is 1.92 bits per heavy atom. The molecule has 0 bridgehead atoms. The number of hydrogen-bond donors (Lipinski definition) is 1. The minimum absolute atomic E-state index is 0.114. The third kappa shape index (κ3) is 4.18. The number of aryl methyl sites for hydroxylation is 1. The lowest BCUT2D eigenvalue weighted by atomic mass is 10.1. The number of anilines is 1. The van der Waals surface area contributed by atoms with Gasteiger partial charge in [0.15, 0.2) is 10.3 Å². The first kappa shape index (κ1) is 16.6. The molecule has 24 heavy (non-hydrogen) atoms. The normalized spacial score (nSPS) is 11.9. The maximum atomic E-state index is 12.3. The first-order valence-electron chi connectivity index (χ1n) is 7.39. The highest BCUT2D eigenvalue weighted by Crippen LogP contribution is 2.26. The summed E-state index contributed by atoms with van der Waals surface area (Å²) in [6.07, 6.45) is 3.32. The molecule has 0 spiro atoms. The summed E-state index contributed by atoms with van der Waals surface area (Å²) in [4.78, 5) is 25.0. The van der Waals surface area contributed by atoms with Crippen LogP contribution >= 0.6 is 23.1 Å². The molecular formula is C17H16N4OS2. The summed E-state index contributed by atoms with van der Waals surface area (Å²) in [6.45, 7) is 3.87. The molecule has 3 aromatic rings. The molecule has 2 aromatic heterocycles. The molecular weight excluding hydrogens is 340 g/mol. The van der Waals surface area contributed by atoms with Crippen LogP contribution in [0.2, 0.25) is 0 Å². The molecule has 5 nitrogen and oxygen atoms in total. The van der Waals surface area contributed by atoms with E-state index < -0.39 is 0 Å². The van der Waals surface area contributed by atoms with Crippen LogP contribution in [0.5, 0.6) is 0 Å². The number of aromatic nitrogens is 3. The van der Waals surface area contributed by atoms with Gasteiger partial charge in [-0.25, -0.2) is 15.0 Å². The lowest BCUT2D eigenvalue weighted by Crippen LogP contribution is -2.22. The highest BCUT2D eigenvalue weighted by Gasteiger charge is 2.17. The summed E-state index contributed by atoms with van der Waals surface area (Å²) >= 11 is 2.74. The SMILES string of the molecule is Cc1ccc(-c2csc(NC(=O)C(C)Sc3ncccn3)n2)cc1. The summed E-state index contributed by atoms with van der Waals surface area (Å²) in [6, 6.07) is 9.90. The van der Waals surface area contributed by atoms with Crippen molar-refractivity contribution in [3.05, 3.63) is 53.7 Å². The zero-order chi connectivity index (χ0) is 16.9. The zero-order valence-electron chi connectivity index (χ0n) is 13.3. The van der Waals surface area contributed by atoms with Crippen molar-refractivity contribution in [2.75, 3.05) is 5.32 Å². The van der Waals surface area contributed by atoms with Gasteiger partial charge in [0.25, 0.3) is 0 Å². The highest BCUT2D eigenvalue weighted by atomic mass is 32.2. The van der Waals surface area contributed by atoms with E-state index >= 15 is 0 Å². The smallest absolute Gasteiger partial charge is 0.239 e. The monoisotopic (exact) mass is 356 g/mol. The van der Waals surface area contributed by atoms with E-state index in [1.807, 2.05) is 43.5 Å². The fraction of sp³-hybridized carbons (Fsp3) is 0.176. The number of hydrogen-bond acceptors (Lipinski definition) is 6. The maximum absolute atomic E-state index is 12.3. The zero-order valence-corrected chi connectivity index (χ0v) is 14.9. The number of nitrogens with one attached hydrogen (secondary N) is 1. The Morgan fingerprint density at radius 3 is 2.62 bits per heavy atom. The van der Waals surface area contributed by atoms with E-state index in [2.05, 4.69) is 20.3 Å². The van der Waals surface area contributed by atoms with Crippen molar-refractivity contribution < 1.29 is 4.79 Å². The van der Waals surface area contributed by atoms with Crippen molar-refractivity contribution in [2.24, 2.45) is 0 Å². The number of amides is 1. The topological polar surface area (TPSA) is 67.8 Å². The van der Waals surface area contributed by atoms with Gasteiger partial charge in [0.2, 0.25) is 5.91 Å². The van der Waals surface area contributed by atoms with Crippen LogP contribution in [-0.4, -0.2) is 26.1 Å². The van der Waals surface area contributed by atoms with Gasteiger partial charge in [-0.05, 0) is 19.9 Å². The molecule has 0 aliphatic heterocycles. The molecule has 0 saturated carbocycles. The third-order valence-electron chi connectivity index (χ3n) is 3.28. The van der Waals surface area contributed by atoms with E-state index in [9.17, 15) is 4.79 Å². The predicted octanol–water partition coefficient (Wildman–Crippen LogP) is 4.03. The number of carbonyl (C=O) groups excluding carboxylic acids is 1. The van der Waals surface area contributed by atoms with E-state index in [1.165, 1.54) is 28.7 Å². The van der Waals surface area contributed by atoms with Crippen molar-refractivity contribution >= 4 is 34.1 Å². The molecule has 0 radical (unpaired) electrons. The van der Waals surface area contributed by atoms with Crippen molar-refractivity contribution in [1.82, 2.24) is 15.0 Å². The number of thiazole rings is 1. The Morgan fingerprint density at radius 1 is 1.21 bits per heavy atom. The Balaban J connectivity index is 1.63. The quantitative estimate of drug-likeness (QED) is 0.552. The summed E-state index contributed by atoms with van der Waals surface area (Å²) in [5, 5.41) is 5.67. The lowest BCUT2D eigenvalue weighted by Gasteiger charge is -2.08. The summed E-state index contributed by atoms with van der Waals surface area (Å²) in [5.74, 6) is -0.114. The lowest BCUT2D eigenvalue weighted by molar-refractivity contribution is -0.115. The number of benzene rings is 1. The molecule has 0 aliphatic rings. The first-order chi connectivity index (χ1) is 11.6. The number of rotatable bonds is 5. The average molecular weight is 356 g/mol. The van der Waals surface area contributed by atoms with Crippen molar-refractivity contribution in [3.63, 3.8) is 0 Å². The van der Waals surface area contributed by atoms with E-state index in [1.54, 1.807) is 18.5 Å². The van der Waals surface area contributed by atoms with Gasteiger partial charge >= 0.3 is 0 Å². The summed E-state index contributed by atoms with van der Waals surface area (Å²) < 4.78 is 0. The van der Waals surface area contributed by atoms with Crippen LogP contribution in [0.15, 0.2) is 53.3 Å². The Kier molecular flexibility index (Phi) is 5.22. The molecule has 7 heteroatoms. The molecule has 2 heterocycles. The molecule has 122 valence electrons. The number of thioether (sulfide) groups is 1. The van der Waals surface area contributed by atoms with Crippen LogP contribution < -0.4 is 5.32 Å². The molecule has 1 aromatic carbocycles. The van der Waals surface area contributed by atoms with Gasteiger partial charge in [-0.15, -0.1) is 11.3 Å². The van der Waals surface area contributed by atoms with Crippen molar-refractivity contribution in [3.8, 4) is 11.3 Å². The number of nitrogens with zero attached hydrogens (tertiary/aromatic N) is 3. The average Bonchev–Trinajstić information content (AvgIpc) is 3.05. The van der Waals surface area contributed by atoms with E-state index in [0.717, 1.165) is 11.3 Å². The Hall–Kier alpha value is -2.25. The number of carbonyl (C=O) groups is 1. The van der Waals surface area contributed by atoms with Gasteiger partial charge in [-0.1, -0.05) is 41.6 Å². The molecule has 1 N–H and O–H groups in total. The fourth-order valence-electron chi connectivity index (χ4n) is 1.95. The minimum atomic E-state index is -0.306. The van der Waals surface area contributed by atoms with E-state index in [4.69, 9.17) is 0 Å². The molecule has 0 aliphatic carbocycles. The van der Waals surface area contributed by atoms with Crippen molar-refractivity contribution in [1.29, 1.82) is 0 Å². The first-order valence-corrected chi connectivity index (χ1v) is 9.15. The minimum Gasteiger partial charge on any atom is -0.301 e.